The molecule has 0 bridgehead atoms. The molecule has 1 atom stereocenters. The van der Waals surface area contributed by atoms with Crippen molar-refractivity contribution in [3.05, 3.63) is 63.8 Å². The summed E-state index contributed by atoms with van der Waals surface area (Å²) in [7, 11) is 3.17. The third-order valence-corrected chi connectivity index (χ3v) is 5.39. The van der Waals surface area contributed by atoms with Crippen molar-refractivity contribution >= 4 is 27.8 Å². The molecule has 0 spiro atoms. The van der Waals surface area contributed by atoms with Gasteiger partial charge in [-0.3, -0.25) is 4.79 Å². The van der Waals surface area contributed by atoms with Gasteiger partial charge in [-0.1, -0.05) is 28.1 Å². The number of amides is 1. The Morgan fingerprint density at radius 2 is 1.87 bits per heavy atom. The first-order valence-electron chi connectivity index (χ1n) is 9.14. The monoisotopic (exact) mass is 469 g/mol. The van der Waals surface area contributed by atoms with Gasteiger partial charge in [0.05, 0.1) is 19.8 Å². The van der Waals surface area contributed by atoms with Crippen LogP contribution in [0.1, 0.15) is 18.5 Å². The van der Waals surface area contributed by atoms with E-state index in [4.69, 9.17) is 20.3 Å². The first-order chi connectivity index (χ1) is 14.4. The fraction of sp³-hybridized carbons (Fsp3) is 0.190. The number of methoxy groups -OCH3 is 2. The molecule has 1 unspecified atom stereocenters. The highest BCUT2D eigenvalue weighted by molar-refractivity contribution is 9.10. The van der Waals surface area contributed by atoms with Crippen LogP contribution in [0.25, 0.3) is 11.4 Å². The normalized spacial score (nSPS) is 15.4. The molecule has 3 N–H and O–H groups in total. The van der Waals surface area contributed by atoms with Crippen LogP contribution in [0.5, 0.6) is 11.5 Å². The van der Waals surface area contributed by atoms with Gasteiger partial charge in [0.15, 0.2) is 5.82 Å². The number of carbonyl (C=O) groups is 1. The lowest BCUT2D eigenvalue weighted by atomic mass is 9.95. The van der Waals surface area contributed by atoms with Crippen LogP contribution < -0.4 is 20.5 Å². The molecule has 154 valence electrons. The van der Waals surface area contributed by atoms with E-state index >= 15 is 0 Å². The van der Waals surface area contributed by atoms with Gasteiger partial charge in [0.25, 0.3) is 0 Å². The third-order valence-electron chi connectivity index (χ3n) is 4.89. The van der Waals surface area contributed by atoms with Crippen molar-refractivity contribution in [3.8, 4) is 22.9 Å². The minimum absolute atomic E-state index is 0.431. The highest BCUT2D eigenvalue weighted by Crippen LogP contribution is 2.37. The number of primary amides is 1. The average Bonchev–Trinajstić information content (AvgIpc) is 3.15. The molecule has 1 aliphatic rings. The predicted octanol–water partition coefficient (Wildman–Crippen LogP) is 3.50. The highest BCUT2D eigenvalue weighted by atomic mass is 79.9. The van der Waals surface area contributed by atoms with Crippen molar-refractivity contribution in [2.24, 2.45) is 5.73 Å². The molecule has 0 radical (unpaired) electrons. The minimum Gasteiger partial charge on any atom is -0.497 e. The molecule has 0 saturated heterocycles. The number of allylic oxidation sites excluding steroid dienone is 1. The molecule has 9 heteroatoms. The molecule has 0 saturated carbocycles. The number of nitrogens with two attached hydrogens (primary N) is 1. The molecular weight excluding hydrogens is 450 g/mol. The number of benzene rings is 2. The zero-order chi connectivity index (χ0) is 21.4. The lowest BCUT2D eigenvalue weighted by Gasteiger charge is -2.27. The molecule has 4 rings (SSSR count). The number of fused-ring (bicyclic) bond motifs is 1. The van der Waals surface area contributed by atoms with Crippen LogP contribution in [0.2, 0.25) is 0 Å². The van der Waals surface area contributed by atoms with E-state index in [0.717, 1.165) is 15.6 Å². The Balaban J connectivity index is 1.88. The number of aromatic nitrogens is 3. The second kappa shape index (κ2) is 7.83. The van der Waals surface area contributed by atoms with Crippen molar-refractivity contribution in [2.75, 3.05) is 19.5 Å². The number of ether oxygens (including phenoxy) is 2. The summed E-state index contributed by atoms with van der Waals surface area (Å²) in [5.41, 5.74) is 8.39. The van der Waals surface area contributed by atoms with Crippen LogP contribution in [0.4, 0.5) is 5.95 Å². The number of anilines is 1. The zero-order valence-corrected chi connectivity index (χ0v) is 18.2. The summed E-state index contributed by atoms with van der Waals surface area (Å²) in [5.74, 6) is 1.71. The molecule has 0 fully saturated rings. The summed E-state index contributed by atoms with van der Waals surface area (Å²) in [5, 5.41) is 7.85. The lowest BCUT2D eigenvalue weighted by Crippen LogP contribution is -2.31. The smallest absolute Gasteiger partial charge is 0.248 e. The summed E-state index contributed by atoms with van der Waals surface area (Å²) in [4.78, 5) is 17.0. The van der Waals surface area contributed by atoms with Crippen LogP contribution in [0.3, 0.4) is 0 Å². The third kappa shape index (κ3) is 3.52. The molecular formula is C21H20BrN5O3. The molecule has 2 aromatic carbocycles. The second-order valence-corrected chi connectivity index (χ2v) is 7.71. The van der Waals surface area contributed by atoms with Crippen LogP contribution in [0, 0.1) is 0 Å². The molecule has 1 aromatic heterocycles. The predicted molar refractivity (Wildman–Crippen MR) is 116 cm³/mol. The Kier molecular flexibility index (Phi) is 5.21. The number of carbonyl (C=O) groups excluding carboxylic acids is 1. The maximum atomic E-state index is 12.3. The summed E-state index contributed by atoms with van der Waals surface area (Å²) in [6.45, 7) is 1.80. The summed E-state index contributed by atoms with van der Waals surface area (Å²) in [6.07, 6.45) is 0. The van der Waals surface area contributed by atoms with Crippen LogP contribution in [-0.4, -0.2) is 34.9 Å². The Labute approximate surface area is 181 Å². The van der Waals surface area contributed by atoms with Crippen molar-refractivity contribution < 1.29 is 14.3 Å². The van der Waals surface area contributed by atoms with Gasteiger partial charge in [0.1, 0.15) is 17.5 Å². The second-order valence-electron chi connectivity index (χ2n) is 6.79. The van der Waals surface area contributed by atoms with E-state index in [9.17, 15) is 4.79 Å². The van der Waals surface area contributed by atoms with Crippen molar-refractivity contribution in [2.45, 2.75) is 13.0 Å². The first kappa shape index (κ1) is 20.0. The number of rotatable bonds is 5. The van der Waals surface area contributed by atoms with E-state index in [-0.39, 0.29) is 0 Å². The minimum atomic E-state index is -0.518. The summed E-state index contributed by atoms with van der Waals surface area (Å²) >= 11 is 3.49. The number of halogens is 1. The van der Waals surface area contributed by atoms with E-state index in [1.54, 1.807) is 31.9 Å². The van der Waals surface area contributed by atoms with E-state index in [2.05, 4.69) is 26.2 Å². The first-order valence-corrected chi connectivity index (χ1v) is 9.93. The average molecular weight is 470 g/mol. The molecule has 0 aliphatic carbocycles. The van der Waals surface area contributed by atoms with Gasteiger partial charge in [0, 0.05) is 21.8 Å². The van der Waals surface area contributed by atoms with Gasteiger partial charge in [0.2, 0.25) is 11.9 Å². The van der Waals surface area contributed by atoms with Gasteiger partial charge in [-0.25, -0.2) is 4.68 Å². The quantitative estimate of drug-likeness (QED) is 0.592. The van der Waals surface area contributed by atoms with E-state index < -0.39 is 11.9 Å². The molecule has 30 heavy (non-hydrogen) atoms. The van der Waals surface area contributed by atoms with Crippen molar-refractivity contribution in [1.29, 1.82) is 0 Å². The summed E-state index contributed by atoms with van der Waals surface area (Å²) < 4.78 is 13.3. The number of hydrogen-bond acceptors (Lipinski definition) is 6. The Morgan fingerprint density at radius 1 is 1.17 bits per heavy atom. The Hall–Kier alpha value is -3.33. The van der Waals surface area contributed by atoms with Crippen LogP contribution >= 0.6 is 15.9 Å². The van der Waals surface area contributed by atoms with Crippen molar-refractivity contribution in [1.82, 2.24) is 14.8 Å². The maximum Gasteiger partial charge on any atom is 0.248 e. The molecule has 2 heterocycles. The largest absolute Gasteiger partial charge is 0.497 e. The van der Waals surface area contributed by atoms with Gasteiger partial charge >= 0.3 is 0 Å². The van der Waals surface area contributed by atoms with E-state index in [1.165, 1.54) is 0 Å². The van der Waals surface area contributed by atoms with Gasteiger partial charge < -0.3 is 20.5 Å². The van der Waals surface area contributed by atoms with Crippen LogP contribution in [-0.2, 0) is 4.79 Å². The fourth-order valence-electron chi connectivity index (χ4n) is 3.51. The number of nitrogens with zero attached hydrogens (tertiary/aromatic N) is 3. The number of hydrogen-bond donors (Lipinski definition) is 2. The van der Waals surface area contributed by atoms with Gasteiger partial charge in [-0.05, 0) is 36.8 Å². The zero-order valence-electron chi connectivity index (χ0n) is 16.6. The molecule has 1 aliphatic heterocycles. The standard InChI is InChI=1S/C21H20BrN5O3/c1-11-17(19(23)28)18(12-5-4-6-14(22)7-12)27-21(24-11)25-20(26-27)13-8-15(29-2)10-16(9-13)30-3/h4-10,18H,1-3H3,(H2,23,28)(H,24,25,26). The lowest BCUT2D eigenvalue weighted by molar-refractivity contribution is -0.115. The van der Waals surface area contributed by atoms with Gasteiger partial charge in [-0.2, -0.15) is 4.98 Å². The Morgan fingerprint density at radius 3 is 2.47 bits per heavy atom. The number of nitrogens with one attached hydrogen (secondary N) is 1. The van der Waals surface area contributed by atoms with E-state index in [0.29, 0.717) is 34.5 Å². The fourth-order valence-corrected chi connectivity index (χ4v) is 3.93. The van der Waals surface area contributed by atoms with E-state index in [1.807, 2.05) is 36.4 Å². The molecule has 8 nitrogen and oxygen atoms in total. The summed E-state index contributed by atoms with van der Waals surface area (Å²) in [6, 6.07) is 12.6. The topological polar surface area (TPSA) is 104 Å². The molecule has 3 aromatic rings. The van der Waals surface area contributed by atoms with Crippen LogP contribution in [0.15, 0.2) is 58.2 Å². The van der Waals surface area contributed by atoms with Gasteiger partial charge in [-0.15, -0.1) is 5.10 Å². The SMILES string of the molecule is COc1cc(OC)cc(-c2nc3n(n2)C(c2cccc(Br)c2)C(C(N)=O)=C(C)N3)c1. The van der Waals surface area contributed by atoms with Crippen molar-refractivity contribution in [3.63, 3.8) is 0 Å². The highest BCUT2D eigenvalue weighted by Gasteiger charge is 2.33. The maximum absolute atomic E-state index is 12.3. The molecule has 1 amide bonds. The Bertz CT molecular complexity index is 1150.